The van der Waals surface area contributed by atoms with Crippen LogP contribution in [0, 0.1) is 0 Å². The summed E-state index contributed by atoms with van der Waals surface area (Å²) in [6.45, 7) is 6.84. The number of rotatable bonds is 2. The first-order valence-corrected chi connectivity index (χ1v) is 4.99. The number of hydrogen-bond acceptors (Lipinski definition) is 2. The second-order valence-corrected chi connectivity index (χ2v) is 2.92. The van der Waals surface area contributed by atoms with Crippen LogP contribution in [0.4, 0.5) is 0 Å². The molecule has 0 saturated heterocycles. The standard InChI is InChI=1S/C9H15NO.C2H6/c1-3-9(11)8-5-4-6-10(2)7-8;1-2/h4-6,9,11H,3,7H2,1-2H3;1-2H3. The van der Waals surface area contributed by atoms with Crippen molar-refractivity contribution in [3.8, 4) is 0 Å². The van der Waals surface area contributed by atoms with Crippen LogP contribution in [0.2, 0.25) is 0 Å². The molecule has 0 bridgehead atoms. The minimum atomic E-state index is -0.262. The highest BCUT2D eigenvalue weighted by Crippen LogP contribution is 2.11. The van der Waals surface area contributed by atoms with Crippen LogP contribution in [0.25, 0.3) is 0 Å². The van der Waals surface area contributed by atoms with Gasteiger partial charge >= 0.3 is 0 Å². The second-order valence-electron chi connectivity index (χ2n) is 2.92. The monoisotopic (exact) mass is 183 g/mol. The van der Waals surface area contributed by atoms with Crippen LogP contribution >= 0.6 is 0 Å². The van der Waals surface area contributed by atoms with Crippen molar-refractivity contribution in [1.29, 1.82) is 0 Å². The quantitative estimate of drug-likeness (QED) is 0.709. The Balaban J connectivity index is 0.000000671. The van der Waals surface area contributed by atoms with E-state index >= 15 is 0 Å². The van der Waals surface area contributed by atoms with Crippen molar-refractivity contribution in [2.24, 2.45) is 0 Å². The zero-order valence-corrected chi connectivity index (χ0v) is 9.12. The number of nitrogens with zero attached hydrogens (tertiary/aromatic N) is 1. The van der Waals surface area contributed by atoms with Crippen LogP contribution in [0.15, 0.2) is 23.9 Å². The van der Waals surface area contributed by atoms with Gasteiger partial charge in [0.05, 0.1) is 6.10 Å². The number of likely N-dealkylation sites (N-methyl/N-ethyl adjacent to an activating group) is 1. The van der Waals surface area contributed by atoms with Crippen molar-refractivity contribution in [1.82, 2.24) is 4.90 Å². The van der Waals surface area contributed by atoms with E-state index in [-0.39, 0.29) is 6.10 Å². The molecule has 0 spiro atoms. The number of aliphatic hydroxyl groups excluding tert-OH is 1. The third-order valence-corrected chi connectivity index (χ3v) is 1.90. The first-order valence-electron chi connectivity index (χ1n) is 4.99. The summed E-state index contributed by atoms with van der Waals surface area (Å²) in [7, 11) is 2.01. The van der Waals surface area contributed by atoms with E-state index in [1.54, 1.807) is 0 Å². The van der Waals surface area contributed by atoms with E-state index in [1.807, 2.05) is 46.2 Å². The average molecular weight is 183 g/mol. The molecular weight excluding hydrogens is 162 g/mol. The van der Waals surface area contributed by atoms with Gasteiger partial charge in [-0.2, -0.15) is 0 Å². The predicted octanol–water partition coefficient (Wildman–Crippen LogP) is 2.17. The third-order valence-electron chi connectivity index (χ3n) is 1.90. The summed E-state index contributed by atoms with van der Waals surface area (Å²) in [5.74, 6) is 0. The van der Waals surface area contributed by atoms with Crippen LogP contribution in [-0.2, 0) is 0 Å². The summed E-state index contributed by atoms with van der Waals surface area (Å²) in [5.41, 5.74) is 1.11. The highest BCUT2D eigenvalue weighted by Gasteiger charge is 2.10. The van der Waals surface area contributed by atoms with Gasteiger partial charge in [-0.1, -0.05) is 26.8 Å². The van der Waals surface area contributed by atoms with E-state index in [0.717, 1.165) is 18.5 Å². The van der Waals surface area contributed by atoms with E-state index in [2.05, 4.69) is 4.90 Å². The van der Waals surface area contributed by atoms with Gasteiger partial charge in [-0.3, -0.25) is 0 Å². The summed E-state index contributed by atoms with van der Waals surface area (Å²) in [5, 5.41) is 9.47. The minimum absolute atomic E-state index is 0.262. The van der Waals surface area contributed by atoms with E-state index < -0.39 is 0 Å². The molecule has 0 saturated carbocycles. The molecule has 1 rings (SSSR count). The third kappa shape index (κ3) is 4.13. The molecule has 0 amide bonds. The van der Waals surface area contributed by atoms with Gasteiger partial charge in [0, 0.05) is 13.6 Å². The lowest BCUT2D eigenvalue weighted by Gasteiger charge is -2.22. The Morgan fingerprint density at radius 1 is 1.54 bits per heavy atom. The lowest BCUT2D eigenvalue weighted by atomic mass is 10.1. The van der Waals surface area contributed by atoms with Gasteiger partial charge in [-0.25, -0.2) is 0 Å². The van der Waals surface area contributed by atoms with Crippen LogP contribution in [0.5, 0.6) is 0 Å². The molecule has 1 heterocycles. The summed E-state index contributed by atoms with van der Waals surface area (Å²) >= 11 is 0. The molecule has 13 heavy (non-hydrogen) atoms. The summed E-state index contributed by atoms with van der Waals surface area (Å²) in [6.07, 6.45) is 6.51. The van der Waals surface area contributed by atoms with Crippen molar-refractivity contribution in [3.63, 3.8) is 0 Å². The van der Waals surface area contributed by atoms with Crippen molar-refractivity contribution >= 4 is 0 Å². The van der Waals surface area contributed by atoms with Gasteiger partial charge in [0.15, 0.2) is 0 Å². The van der Waals surface area contributed by atoms with Gasteiger partial charge in [-0.15, -0.1) is 0 Å². The molecule has 0 aromatic carbocycles. The van der Waals surface area contributed by atoms with Crippen molar-refractivity contribution < 1.29 is 5.11 Å². The Labute approximate surface area is 81.6 Å². The van der Waals surface area contributed by atoms with Crippen LogP contribution < -0.4 is 0 Å². The smallest absolute Gasteiger partial charge is 0.0767 e. The fourth-order valence-corrected chi connectivity index (χ4v) is 1.19. The maximum absolute atomic E-state index is 9.47. The van der Waals surface area contributed by atoms with Gasteiger partial charge < -0.3 is 10.0 Å². The molecule has 0 radical (unpaired) electrons. The molecule has 0 aromatic rings. The molecule has 2 heteroatoms. The fourth-order valence-electron chi connectivity index (χ4n) is 1.19. The zero-order valence-electron chi connectivity index (χ0n) is 9.12. The topological polar surface area (TPSA) is 23.5 Å². The van der Waals surface area contributed by atoms with Gasteiger partial charge in [0.1, 0.15) is 0 Å². The molecule has 1 unspecified atom stereocenters. The highest BCUT2D eigenvalue weighted by molar-refractivity contribution is 5.21. The maximum atomic E-state index is 9.47. The summed E-state index contributed by atoms with van der Waals surface area (Å²) < 4.78 is 0. The second kappa shape index (κ2) is 6.72. The molecule has 1 aliphatic heterocycles. The SMILES string of the molecule is CC.CCC(O)C1=CC=CN(C)C1. The molecule has 0 aromatic heterocycles. The Hall–Kier alpha value is -0.760. The number of aliphatic hydroxyl groups is 1. The Kier molecular flexibility index (Phi) is 6.33. The average Bonchev–Trinajstić information content (AvgIpc) is 2.20. The lowest BCUT2D eigenvalue weighted by molar-refractivity contribution is 0.197. The van der Waals surface area contributed by atoms with Crippen LogP contribution in [0.3, 0.4) is 0 Å². The molecule has 1 aliphatic rings. The molecular formula is C11H21NO. The first kappa shape index (κ1) is 12.2. The highest BCUT2D eigenvalue weighted by atomic mass is 16.3. The Bertz CT molecular complexity index is 185. The first-order chi connectivity index (χ1) is 6.24. The normalized spacial score (nSPS) is 17.3. The van der Waals surface area contributed by atoms with E-state index in [9.17, 15) is 5.11 Å². The lowest BCUT2D eigenvalue weighted by Crippen LogP contribution is -2.23. The molecule has 1 N–H and O–H groups in total. The number of allylic oxidation sites excluding steroid dienone is 2. The zero-order chi connectivity index (χ0) is 10.3. The van der Waals surface area contributed by atoms with E-state index in [4.69, 9.17) is 0 Å². The largest absolute Gasteiger partial charge is 0.389 e. The van der Waals surface area contributed by atoms with Gasteiger partial charge in [0.25, 0.3) is 0 Å². The van der Waals surface area contributed by atoms with E-state index in [1.165, 1.54) is 0 Å². The maximum Gasteiger partial charge on any atom is 0.0767 e. The van der Waals surface area contributed by atoms with Crippen molar-refractivity contribution in [3.05, 3.63) is 23.9 Å². The Morgan fingerprint density at radius 3 is 2.62 bits per heavy atom. The van der Waals surface area contributed by atoms with Crippen molar-refractivity contribution in [2.75, 3.05) is 13.6 Å². The van der Waals surface area contributed by atoms with Gasteiger partial charge in [0.2, 0.25) is 0 Å². The molecule has 1 atom stereocenters. The predicted molar refractivity (Wildman–Crippen MR) is 57.5 cm³/mol. The van der Waals surface area contributed by atoms with Crippen molar-refractivity contribution in [2.45, 2.75) is 33.3 Å². The number of hydrogen-bond donors (Lipinski definition) is 1. The van der Waals surface area contributed by atoms with Gasteiger partial charge in [-0.05, 0) is 24.3 Å². The minimum Gasteiger partial charge on any atom is -0.389 e. The van der Waals surface area contributed by atoms with Crippen LogP contribution in [0.1, 0.15) is 27.2 Å². The molecule has 2 nitrogen and oxygen atoms in total. The Morgan fingerprint density at radius 2 is 2.15 bits per heavy atom. The fraction of sp³-hybridized carbons (Fsp3) is 0.636. The summed E-state index contributed by atoms with van der Waals surface area (Å²) in [6, 6.07) is 0. The van der Waals surface area contributed by atoms with Crippen LogP contribution in [-0.4, -0.2) is 29.7 Å². The van der Waals surface area contributed by atoms with E-state index in [0.29, 0.717) is 0 Å². The summed E-state index contributed by atoms with van der Waals surface area (Å²) in [4.78, 5) is 2.06. The molecule has 0 aliphatic carbocycles. The molecule has 76 valence electrons. The molecule has 0 fully saturated rings.